The molecule has 11 nitrogen and oxygen atoms in total. The number of esters is 2. The molecule has 0 aliphatic rings. The minimum absolute atomic E-state index is 0.0108. The summed E-state index contributed by atoms with van der Waals surface area (Å²) < 4.78 is 34.2. The van der Waals surface area contributed by atoms with E-state index in [1.165, 1.54) is 32.1 Å². The van der Waals surface area contributed by atoms with Gasteiger partial charge in [0.15, 0.2) is 6.10 Å². The monoisotopic (exact) mass is 931 g/mol. The zero-order valence-corrected chi connectivity index (χ0v) is 41.8. The molecular formula is C53H89NO10P+. The first-order valence-electron chi connectivity index (χ1n) is 24.3. The third kappa shape index (κ3) is 46.9. The van der Waals surface area contributed by atoms with Gasteiger partial charge in [0.05, 0.1) is 40.0 Å². The largest absolute Gasteiger partial charge is 0.472 e. The number of carbonyl (C=O) groups is 2. The molecule has 0 aromatic heterocycles. The number of likely N-dealkylation sites (N-methyl/N-ethyl adjacent to an activating group) is 1. The van der Waals surface area contributed by atoms with Gasteiger partial charge in [-0.25, -0.2) is 4.57 Å². The third-order valence-electron chi connectivity index (χ3n) is 9.72. The normalized spacial score (nSPS) is 15.4. The van der Waals surface area contributed by atoms with Gasteiger partial charge in [0.25, 0.3) is 0 Å². The summed E-state index contributed by atoms with van der Waals surface area (Å²) in [5.41, 5.74) is 0. The molecule has 65 heavy (non-hydrogen) atoms. The molecule has 0 aromatic rings. The number of quaternary nitrogens is 1. The van der Waals surface area contributed by atoms with Crippen molar-refractivity contribution in [1.82, 2.24) is 0 Å². The van der Waals surface area contributed by atoms with E-state index < -0.39 is 44.7 Å². The Morgan fingerprint density at radius 2 is 1.08 bits per heavy atom. The maximum atomic E-state index is 12.7. The van der Waals surface area contributed by atoms with Crippen molar-refractivity contribution in [1.29, 1.82) is 0 Å². The lowest BCUT2D eigenvalue weighted by molar-refractivity contribution is -0.870. The molecule has 0 aliphatic heterocycles. The number of rotatable bonds is 42. The van der Waals surface area contributed by atoms with Gasteiger partial charge in [-0.05, 0) is 77.0 Å². The number of allylic oxidation sites excluding steroid dienone is 14. The summed E-state index contributed by atoms with van der Waals surface area (Å²) in [6.45, 7) is 3.97. The van der Waals surface area contributed by atoms with Crippen molar-refractivity contribution in [2.24, 2.45) is 0 Å². The number of hydrogen-bond acceptors (Lipinski definition) is 9. The fourth-order valence-electron chi connectivity index (χ4n) is 5.87. The summed E-state index contributed by atoms with van der Waals surface area (Å²) in [5, 5.41) is 20.0. The lowest BCUT2D eigenvalue weighted by Gasteiger charge is -2.24. The van der Waals surface area contributed by atoms with Gasteiger partial charge in [-0.2, -0.15) is 0 Å². The van der Waals surface area contributed by atoms with E-state index in [0.717, 1.165) is 57.8 Å². The lowest BCUT2D eigenvalue weighted by Crippen LogP contribution is -2.37. The molecule has 12 heteroatoms. The van der Waals surface area contributed by atoms with Crippen molar-refractivity contribution in [3.63, 3.8) is 0 Å². The van der Waals surface area contributed by atoms with Crippen molar-refractivity contribution in [2.45, 2.75) is 167 Å². The molecule has 0 radical (unpaired) electrons. The highest BCUT2D eigenvalue weighted by Gasteiger charge is 2.27. The fourth-order valence-corrected chi connectivity index (χ4v) is 6.61. The summed E-state index contributed by atoms with van der Waals surface area (Å²) in [6.07, 6.45) is 52.1. The number of phosphoric acid groups is 1. The Labute approximate surface area is 394 Å². The number of hydrogen-bond donors (Lipinski definition) is 3. The number of unbranched alkanes of at least 4 members (excludes halogenated alkanes) is 10. The van der Waals surface area contributed by atoms with E-state index in [2.05, 4.69) is 43.4 Å². The number of nitrogens with zero attached hydrogens (tertiary/aromatic N) is 1. The van der Waals surface area contributed by atoms with Gasteiger partial charge >= 0.3 is 19.8 Å². The molecule has 0 bridgehead atoms. The van der Waals surface area contributed by atoms with E-state index in [0.29, 0.717) is 43.1 Å². The predicted molar refractivity (Wildman–Crippen MR) is 268 cm³/mol. The quantitative estimate of drug-likeness (QED) is 0.0135. The molecule has 0 saturated carbocycles. The van der Waals surface area contributed by atoms with Crippen LogP contribution < -0.4 is 0 Å². The fraction of sp³-hybridized carbons (Fsp3) is 0.623. The molecule has 4 atom stereocenters. The van der Waals surface area contributed by atoms with Crippen LogP contribution in [0.4, 0.5) is 0 Å². The smallest absolute Gasteiger partial charge is 0.462 e. The maximum absolute atomic E-state index is 12.7. The van der Waals surface area contributed by atoms with Gasteiger partial charge in [-0.1, -0.05) is 168 Å². The first-order chi connectivity index (χ1) is 31.3. The summed E-state index contributed by atoms with van der Waals surface area (Å²) in [6, 6.07) is 0. The minimum atomic E-state index is -4.44. The van der Waals surface area contributed by atoms with Crippen LogP contribution in [-0.2, 0) is 32.7 Å². The summed E-state index contributed by atoms with van der Waals surface area (Å²) in [4.78, 5) is 35.5. The Morgan fingerprint density at radius 3 is 1.65 bits per heavy atom. The van der Waals surface area contributed by atoms with Crippen molar-refractivity contribution in [2.75, 3.05) is 47.5 Å². The number of phosphoric ester groups is 1. The zero-order chi connectivity index (χ0) is 48.1. The molecule has 1 unspecified atom stereocenters. The molecule has 0 saturated heterocycles. The molecular weight excluding hydrogens is 842 g/mol. The number of aliphatic hydroxyl groups is 2. The Kier molecular flexibility index (Phi) is 40.9. The van der Waals surface area contributed by atoms with Crippen molar-refractivity contribution < 1.29 is 52.3 Å². The van der Waals surface area contributed by atoms with Gasteiger partial charge in [0, 0.05) is 12.8 Å². The van der Waals surface area contributed by atoms with Crippen molar-refractivity contribution in [3.8, 4) is 0 Å². The van der Waals surface area contributed by atoms with E-state index in [1.54, 1.807) is 36.5 Å². The second-order valence-corrected chi connectivity index (χ2v) is 18.6. The summed E-state index contributed by atoms with van der Waals surface area (Å²) in [5.74, 6) is -0.991. The third-order valence-corrected chi connectivity index (χ3v) is 10.7. The Morgan fingerprint density at radius 1 is 0.569 bits per heavy atom. The molecule has 3 N–H and O–H groups in total. The zero-order valence-electron chi connectivity index (χ0n) is 40.9. The highest BCUT2D eigenvalue weighted by molar-refractivity contribution is 7.47. The van der Waals surface area contributed by atoms with E-state index in [1.807, 2.05) is 64.5 Å². The predicted octanol–water partition coefficient (Wildman–Crippen LogP) is 12.2. The van der Waals surface area contributed by atoms with Crippen LogP contribution >= 0.6 is 7.82 Å². The second kappa shape index (κ2) is 43.2. The van der Waals surface area contributed by atoms with E-state index in [4.69, 9.17) is 18.5 Å². The Hall–Kier alpha value is -3.41. The van der Waals surface area contributed by atoms with E-state index in [-0.39, 0.29) is 26.1 Å². The molecule has 0 fully saturated rings. The van der Waals surface area contributed by atoms with E-state index >= 15 is 0 Å². The molecule has 0 heterocycles. The van der Waals surface area contributed by atoms with Crippen LogP contribution in [0.15, 0.2) is 109 Å². The lowest BCUT2D eigenvalue weighted by atomic mass is 10.1. The standard InChI is InChI=1S/C53H88NO10P/c1-6-8-10-11-12-13-14-15-16-17-18-19-20-21-22-23-24-25-29-37-43-52(57)61-47-51(48-63-65(59,60)62-46-45-54(3,4)5)64-53(58)44-38-30-27-26-28-34-40-50(56)42-36-32-31-35-41-49(55)39-33-9-7-2/h9,13-14,16-17,19-20,27-28,30-36,41-42,49-51,55-56H,6-8,10-12,15,18,21-26,29,37-40,43-48H2,1-5H3/p+1/b14-13-,17-16-,20-19-,30-27-,32-31-,33-9-,34-28-,41-35+,42-36+/t49-,50+,51+/m0/s1. The first-order valence-corrected chi connectivity index (χ1v) is 25.8. The SMILES string of the molecule is CC/C=C\C[C@H](O)/C=C/C=C\C=C\[C@H](O)C/C=C\C/C=C\CCC(=O)O[C@H](COC(=O)CCCCCCCC/C=C\C/C=C\C/C=C\CCCCCC)COP(=O)(O)OCC[N+](C)(C)C. The highest BCUT2D eigenvalue weighted by Crippen LogP contribution is 2.43. The number of ether oxygens (including phenoxy) is 2. The minimum Gasteiger partial charge on any atom is -0.462 e. The van der Waals surface area contributed by atoms with Crippen LogP contribution in [0.1, 0.15) is 149 Å². The molecule has 0 rings (SSSR count). The summed E-state index contributed by atoms with van der Waals surface area (Å²) in [7, 11) is 1.33. The molecule has 0 aliphatic carbocycles. The molecule has 0 aromatic carbocycles. The maximum Gasteiger partial charge on any atom is 0.472 e. The summed E-state index contributed by atoms with van der Waals surface area (Å²) >= 11 is 0. The van der Waals surface area contributed by atoms with Crippen LogP contribution in [0.3, 0.4) is 0 Å². The van der Waals surface area contributed by atoms with Gasteiger partial charge in [0.1, 0.15) is 19.8 Å². The topological polar surface area (TPSA) is 149 Å². The Bertz CT molecular complexity index is 1500. The van der Waals surface area contributed by atoms with Crippen molar-refractivity contribution >= 4 is 19.8 Å². The number of carbonyl (C=O) groups excluding carboxylic acids is 2. The van der Waals surface area contributed by atoms with Crippen LogP contribution in [0.25, 0.3) is 0 Å². The van der Waals surface area contributed by atoms with Gasteiger partial charge < -0.3 is 29.1 Å². The highest BCUT2D eigenvalue weighted by atomic mass is 31.2. The Balaban J connectivity index is 4.57. The van der Waals surface area contributed by atoms with Crippen LogP contribution in [0, 0.1) is 0 Å². The first kappa shape index (κ1) is 61.6. The van der Waals surface area contributed by atoms with Crippen LogP contribution in [-0.4, -0.2) is 97.3 Å². The van der Waals surface area contributed by atoms with Crippen molar-refractivity contribution in [3.05, 3.63) is 109 Å². The average Bonchev–Trinajstić information content (AvgIpc) is 3.25. The molecule has 0 spiro atoms. The average molecular weight is 931 g/mol. The van der Waals surface area contributed by atoms with Crippen LogP contribution in [0.5, 0.6) is 0 Å². The van der Waals surface area contributed by atoms with E-state index in [9.17, 15) is 29.3 Å². The molecule has 370 valence electrons. The van der Waals surface area contributed by atoms with Gasteiger partial charge in [-0.3, -0.25) is 18.6 Å². The van der Waals surface area contributed by atoms with Crippen LogP contribution in [0.2, 0.25) is 0 Å². The van der Waals surface area contributed by atoms with Gasteiger partial charge in [-0.15, -0.1) is 0 Å². The number of aliphatic hydroxyl groups excluding tert-OH is 2. The second-order valence-electron chi connectivity index (χ2n) is 17.2. The molecule has 0 amide bonds. The van der Waals surface area contributed by atoms with Gasteiger partial charge in [0.2, 0.25) is 0 Å².